The second-order valence-electron chi connectivity index (χ2n) is 2.50. The Balaban J connectivity index is 0.000000791. The van der Waals surface area contributed by atoms with Crippen LogP contribution in [0.1, 0.15) is 26.7 Å². The van der Waals surface area contributed by atoms with Crippen LogP contribution < -0.4 is 5.32 Å². The van der Waals surface area contributed by atoms with Crippen LogP contribution in [0.3, 0.4) is 0 Å². The van der Waals surface area contributed by atoms with Crippen molar-refractivity contribution < 1.29 is 9.53 Å². The van der Waals surface area contributed by atoms with Crippen molar-refractivity contribution in [3.05, 3.63) is 0 Å². The Hall–Kier alpha value is -0.0300. The molecule has 1 amide bonds. The molecule has 0 aromatic rings. The fraction of sp³-hybridized carbons (Fsp3) is 0.889. The number of carbonyl (C=O) groups is 1. The summed E-state index contributed by atoms with van der Waals surface area (Å²) in [6, 6.07) is 0. The molecule has 3 nitrogen and oxygen atoms in total. The van der Waals surface area contributed by atoms with E-state index in [1.807, 2.05) is 35.4 Å². The minimum absolute atomic E-state index is 0.328. The van der Waals surface area contributed by atoms with Crippen LogP contribution in [-0.4, -0.2) is 30.8 Å². The summed E-state index contributed by atoms with van der Waals surface area (Å²) in [4.78, 5) is 10.6. The summed E-state index contributed by atoms with van der Waals surface area (Å²) >= 11 is 0. The first-order valence-electron chi connectivity index (χ1n) is 4.95. The van der Waals surface area contributed by atoms with Crippen molar-refractivity contribution in [2.24, 2.45) is 0 Å². The lowest BCUT2D eigenvalue weighted by atomic mass is 10.2. The van der Waals surface area contributed by atoms with Crippen LogP contribution in [0.15, 0.2) is 0 Å². The maximum Gasteiger partial charge on any atom is 0.406 e. The maximum atomic E-state index is 10.6. The van der Waals surface area contributed by atoms with Gasteiger partial charge in [0, 0.05) is 18.1 Å². The highest BCUT2D eigenvalue weighted by Crippen LogP contribution is 2.38. The van der Waals surface area contributed by atoms with Crippen molar-refractivity contribution in [2.45, 2.75) is 31.9 Å². The van der Waals surface area contributed by atoms with Crippen LogP contribution >= 0.6 is 21.6 Å². The van der Waals surface area contributed by atoms with Gasteiger partial charge in [0.15, 0.2) is 0 Å². The second kappa shape index (κ2) is 9.52. The number of carbonyl (C=O) groups excluding carboxylic acids is 1. The van der Waals surface area contributed by atoms with Gasteiger partial charge in [0.05, 0.1) is 6.61 Å². The van der Waals surface area contributed by atoms with E-state index in [-0.39, 0.29) is 6.09 Å². The van der Waals surface area contributed by atoms with Crippen molar-refractivity contribution in [2.75, 3.05) is 19.4 Å². The minimum Gasteiger partial charge on any atom is -0.450 e. The van der Waals surface area contributed by atoms with Gasteiger partial charge in [0.2, 0.25) is 0 Å². The molecular formula is C9H19NO2S2. The highest BCUT2D eigenvalue weighted by molar-refractivity contribution is 8.77. The smallest absolute Gasteiger partial charge is 0.406 e. The molecule has 1 fully saturated rings. The Labute approximate surface area is 94.1 Å². The molecular weight excluding hydrogens is 218 g/mol. The summed E-state index contributed by atoms with van der Waals surface area (Å²) in [5, 5.41) is 3.10. The van der Waals surface area contributed by atoms with Gasteiger partial charge in [-0.25, -0.2) is 4.79 Å². The van der Waals surface area contributed by atoms with E-state index in [1.165, 1.54) is 12.2 Å². The number of hydrogen-bond donors (Lipinski definition) is 1. The van der Waals surface area contributed by atoms with Crippen molar-refractivity contribution in [3.63, 3.8) is 0 Å². The Bertz CT molecular complexity index is 150. The summed E-state index contributed by atoms with van der Waals surface area (Å²) in [5.41, 5.74) is 0. The van der Waals surface area contributed by atoms with Gasteiger partial charge in [-0.3, -0.25) is 0 Å². The molecule has 0 bridgehead atoms. The van der Waals surface area contributed by atoms with E-state index in [1.54, 1.807) is 7.05 Å². The van der Waals surface area contributed by atoms with E-state index in [0.29, 0.717) is 11.9 Å². The lowest BCUT2D eigenvalue weighted by Gasteiger charge is -2.07. The normalized spacial score (nSPS) is 19.5. The van der Waals surface area contributed by atoms with Gasteiger partial charge in [0.1, 0.15) is 0 Å². The molecule has 1 atom stereocenters. The number of amides is 1. The molecule has 0 spiro atoms. The molecule has 1 aliphatic heterocycles. The maximum absolute atomic E-state index is 10.6. The molecule has 1 N–H and O–H groups in total. The van der Waals surface area contributed by atoms with Crippen molar-refractivity contribution in [1.82, 2.24) is 5.32 Å². The molecule has 0 radical (unpaired) electrons. The zero-order chi connectivity index (χ0) is 10.8. The summed E-state index contributed by atoms with van der Waals surface area (Å²) in [5.74, 6) is 1.23. The molecule has 0 saturated carbocycles. The molecule has 1 unspecified atom stereocenters. The zero-order valence-corrected chi connectivity index (χ0v) is 10.7. The molecule has 5 heteroatoms. The number of alkyl carbamates (subject to hydrolysis) is 1. The quantitative estimate of drug-likeness (QED) is 0.766. The van der Waals surface area contributed by atoms with Gasteiger partial charge in [-0.15, -0.1) is 0 Å². The monoisotopic (exact) mass is 237 g/mol. The Morgan fingerprint density at radius 1 is 1.57 bits per heavy atom. The second-order valence-corrected chi connectivity index (χ2v) is 5.29. The Morgan fingerprint density at radius 3 is 2.79 bits per heavy atom. The SMILES string of the molecule is CC.CNC(=O)OCCC1CCSS1. The first-order valence-corrected chi connectivity index (χ1v) is 7.34. The van der Waals surface area contributed by atoms with Crippen molar-refractivity contribution in [3.8, 4) is 0 Å². The molecule has 1 heterocycles. The molecule has 1 aliphatic rings. The van der Waals surface area contributed by atoms with Crippen LogP contribution in [0.25, 0.3) is 0 Å². The lowest BCUT2D eigenvalue weighted by Crippen LogP contribution is -2.20. The van der Waals surface area contributed by atoms with E-state index in [9.17, 15) is 4.79 Å². The van der Waals surface area contributed by atoms with Crippen LogP contribution in [0.2, 0.25) is 0 Å². The van der Waals surface area contributed by atoms with Crippen LogP contribution in [-0.2, 0) is 4.74 Å². The van der Waals surface area contributed by atoms with Gasteiger partial charge >= 0.3 is 6.09 Å². The average Bonchev–Trinajstić information content (AvgIpc) is 2.73. The van der Waals surface area contributed by atoms with E-state index < -0.39 is 0 Å². The van der Waals surface area contributed by atoms with Gasteiger partial charge < -0.3 is 10.1 Å². The van der Waals surface area contributed by atoms with E-state index in [4.69, 9.17) is 4.74 Å². The van der Waals surface area contributed by atoms with E-state index >= 15 is 0 Å². The highest BCUT2D eigenvalue weighted by Gasteiger charge is 2.16. The van der Waals surface area contributed by atoms with Crippen LogP contribution in [0, 0.1) is 0 Å². The Morgan fingerprint density at radius 2 is 2.29 bits per heavy atom. The predicted molar refractivity (Wildman–Crippen MR) is 64.8 cm³/mol. The third kappa shape index (κ3) is 6.43. The first-order chi connectivity index (χ1) is 6.83. The number of ether oxygens (including phenoxy) is 1. The fourth-order valence-electron chi connectivity index (χ4n) is 0.920. The zero-order valence-electron chi connectivity index (χ0n) is 9.04. The largest absolute Gasteiger partial charge is 0.450 e. The third-order valence-corrected chi connectivity index (χ3v) is 4.61. The molecule has 14 heavy (non-hydrogen) atoms. The van der Waals surface area contributed by atoms with Gasteiger partial charge in [-0.05, 0) is 12.8 Å². The number of hydrogen-bond acceptors (Lipinski definition) is 4. The standard InChI is InChI=1S/C7H13NO2S2.C2H6/c1-8-7(9)10-4-2-6-3-5-11-12-6;1-2/h6H,2-5H2,1H3,(H,8,9);1-2H3. The highest BCUT2D eigenvalue weighted by atomic mass is 33.1. The summed E-state index contributed by atoms with van der Waals surface area (Å²) in [6.45, 7) is 4.54. The molecule has 0 aromatic heterocycles. The lowest BCUT2D eigenvalue weighted by molar-refractivity contribution is 0.147. The van der Waals surface area contributed by atoms with Crippen LogP contribution in [0.4, 0.5) is 4.79 Å². The number of rotatable bonds is 3. The van der Waals surface area contributed by atoms with Crippen LogP contribution in [0.5, 0.6) is 0 Å². The fourth-order valence-corrected chi connectivity index (χ4v) is 3.88. The molecule has 1 saturated heterocycles. The summed E-state index contributed by atoms with van der Waals surface area (Å²) in [6.07, 6.45) is 1.89. The first kappa shape index (κ1) is 14.0. The number of nitrogens with one attached hydrogen (secondary N) is 1. The van der Waals surface area contributed by atoms with E-state index in [0.717, 1.165) is 6.42 Å². The van der Waals surface area contributed by atoms with E-state index in [2.05, 4.69) is 5.32 Å². The molecule has 1 rings (SSSR count). The third-order valence-electron chi connectivity index (χ3n) is 1.60. The topological polar surface area (TPSA) is 38.3 Å². The molecule has 0 aromatic carbocycles. The average molecular weight is 237 g/mol. The van der Waals surface area contributed by atoms with Gasteiger partial charge in [0.25, 0.3) is 0 Å². The van der Waals surface area contributed by atoms with Crippen molar-refractivity contribution in [1.29, 1.82) is 0 Å². The predicted octanol–water partition coefficient (Wildman–Crippen LogP) is 2.91. The van der Waals surface area contributed by atoms with Gasteiger partial charge in [-0.2, -0.15) is 0 Å². The molecule has 84 valence electrons. The summed E-state index contributed by atoms with van der Waals surface area (Å²) < 4.78 is 4.88. The molecule has 0 aliphatic carbocycles. The van der Waals surface area contributed by atoms with Gasteiger partial charge in [-0.1, -0.05) is 35.4 Å². The summed E-state index contributed by atoms with van der Waals surface area (Å²) in [7, 11) is 5.39. The minimum atomic E-state index is -0.328. The van der Waals surface area contributed by atoms with Crippen molar-refractivity contribution >= 4 is 27.7 Å². The Kier molecular flexibility index (Phi) is 9.50.